The summed E-state index contributed by atoms with van der Waals surface area (Å²) in [4.78, 5) is 0. The van der Waals surface area contributed by atoms with Crippen LogP contribution in [0.5, 0.6) is 5.75 Å². The van der Waals surface area contributed by atoms with Crippen LogP contribution in [0.15, 0.2) is 34.8 Å². The first-order valence-corrected chi connectivity index (χ1v) is 6.65. The van der Waals surface area contributed by atoms with Gasteiger partial charge < -0.3 is 10.1 Å². The highest BCUT2D eigenvalue weighted by molar-refractivity contribution is 9.10. The lowest BCUT2D eigenvalue weighted by molar-refractivity contribution is 0.415. The zero-order valence-corrected chi connectivity index (χ0v) is 12.6. The standard InChI is InChI=1S/C15H12BrFN2O/c1-9-5-12(16)13(17)7-14(9)19-15-6-11(20-2)4-3-10(15)8-18/h3-7,19H,1-2H3. The Balaban J connectivity index is 2.44. The molecule has 0 aliphatic rings. The van der Waals surface area contributed by atoms with Gasteiger partial charge in [-0.3, -0.25) is 0 Å². The molecule has 2 aromatic carbocycles. The minimum atomic E-state index is -0.362. The van der Waals surface area contributed by atoms with Crippen LogP contribution in [0.3, 0.4) is 0 Å². The molecule has 0 aromatic heterocycles. The van der Waals surface area contributed by atoms with Crippen LogP contribution in [0.1, 0.15) is 11.1 Å². The van der Waals surface area contributed by atoms with Crippen molar-refractivity contribution in [1.82, 2.24) is 0 Å². The van der Waals surface area contributed by atoms with E-state index in [1.165, 1.54) is 6.07 Å². The van der Waals surface area contributed by atoms with E-state index in [2.05, 4.69) is 27.3 Å². The van der Waals surface area contributed by atoms with Crippen molar-refractivity contribution in [2.75, 3.05) is 12.4 Å². The minimum Gasteiger partial charge on any atom is -0.497 e. The van der Waals surface area contributed by atoms with Gasteiger partial charge in [0, 0.05) is 11.8 Å². The molecule has 2 aromatic rings. The summed E-state index contributed by atoms with van der Waals surface area (Å²) in [6.45, 7) is 1.86. The SMILES string of the molecule is COc1ccc(C#N)c(Nc2cc(F)c(Br)cc2C)c1. The molecule has 0 heterocycles. The number of hydrogen-bond acceptors (Lipinski definition) is 3. The second-order valence-electron chi connectivity index (χ2n) is 4.23. The Hall–Kier alpha value is -2.06. The zero-order valence-electron chi connectivity index (χ0n) is 11.0. The highest BCUT2D eigenvalue weighted by atomic mass is 79.9. The van der Waals surface area contributed by atoms with Crippen LogP contribution in [-0.4, -0.2) is 7.11 Å². The quantitative estimate of drug-likeness (QED) is 0.897. The van der Waals surface area contributed by atoms with Crippen molar-refractivity contribution < 1.29 is 9.13 Å². The molecule has 5 heteroatoms. The topological polar surface area (TPSA) is 45.0 Å². The first kappa shape index (κ1) is 14.4. The van der Waals surface area contributed by atoms with E-state index < -0.39 is 0 Å². The number of methoxy groups -OCH3 is 1. The number of nitrogens with one attached hydrogen (secondary N) is 1. The van der Waals surface area contributed by atoms with Crippen molar-refractivity contribution in [2.24, 2.45) is 0 Å². The van der Waals surface area contributed by atoms with Crippen LogP contribution in [0.2, 0.25) is 0 Å². The number of nitriles is 1. The number of nitrogens with zero attached hydrogens (tertiary/aromatic N) is 1. The third-order valence-electron chi connectivity index (χ3n) is 2.88. The van der Waals surface area contributed by atoms with Gasteiger partial charge in [0.05, 0.1) is 22.8 Å². The van der Waals surface area contributed by atoms with Gasteiger partial charge in [0.25, 0.3) is 0 Å². The van der Waals surface area contributed by atoms with Crippen LogP contribution in [0.4, 0.5) is 15.8 Å². The number of ether oxygens (including phenoxy) is 1. The Bertz CT molecular complexity index is 695. The van der Waals surface area contributed by atoms with E-state index in [1.54, 1.807) is 31.4 Å². The smallest absolute Gasteiger partial charge is 0.139 e. The molecule has 1 N–H and O–H groups in total. The fourth-order valence-electron chi connectivity index (χ4n) is 1.78. The molecule has 0 radical (unpaired) electrons. The van der Waals surface area contributed by atoms with E-state index in [0.717, 1.165) is 5.56 Å². The van der Waals surface area contributed by atoms with Crippen molar-refractivity contribution in [2.45, 2.75) is 6.92 Å². The van der Waals surface area contributed by atoms with Crippen LogP contribution in [0.25, 0.3) is 0 Å². The second kappa shape index (κ2) is 5.93. The van der Waals surface area contributed by atoms with Crippen molar-refractivity contribution in [3.8, 4) is 11.8 Å². The zero-order chi connectivity index (χ0) is 14.7. The number of hydrogen-bond donors (Lipinski definition) is 1. The van der Waals surface area contributed by atoms with Crippen LogP contribution in [0, 0.1) is 24.1 Å². The van der Waals surface area contributed by atoms with E-state index >= 15 is 0 Å². The van der Waals surface area contributed by atoms with Gasteiger partial charge in [-0.25, -0.2) is 4.39 Å². The maximum Gasteiger partial charge on any atom is 0.139 e. The van der Waals surface area contributed by atoms with E-state index in [9.17, 15) is 4.39 Å². The minimum absolute atomic E-state index is 0.362. The molecule has 2 rings (SSSR count). The maximum absolute atomic E-state index is 13.6. The first-order chi connectivity index (χ1) is 9.55. The third kappa shape index (κ3) is 2.91. The number of rotatable bonds is 3. The molecule has 3 nitrogen and oxygen atoms in total. The average molecular weight is 335 g/mol. The van der Waals surface area contributed by atoms with Crippen molar-refractivity contribution >= 4 is 27.3 Å². The highest BCUT2D eigenvalue weighted by Gasteiger charge is 2.09. The normalized spacial score (nSPS) is 9.95. The Morgan fingerprint density at radius 2 is 2.00 bits per heavy atom. The van der Waals surface area contributed by atoms with E-state index in [-0.39, 0.29) is 5.82 Å². The van der Waals surface area contributed by atoms with Crippen molar-refractivity contribution in [3.63, 3.8) is 0 Å². The lowest BCUT2D eigenvalue weighted by Gasteiger charge is -2.13. The molecular weight excluding hydrogens is 323 g/mol. The van der Waals surface area contributed by atoms with Crippen LogP contribution >= 0.6 is 15.9 Å². The molecule has 0 unspecified atom stereocenters. The molecule has 0 fully saturated rings. The van der Waals surface area contributed by atoms with Gasteiger partial charge in [0.1, 0.15) is 17.6 Å². The van der Waals surface area contributed by atoms with Crippen molar-refractivity contribution in [1.29, 1.82) is 5.26 Å². The molecule has 0 aliphatic heterocycles. The highest BCUT2D eigenvalue weighted by Crippen LogP contribution is 2.29. The van der Waals surface area contributed by atoms with Gasteiger partial charge in [-0.1, -0.05) is 0 Å². The molecule has 0 aliphatic carbocycles. The van der Waals surface area contributed by atoms with Gasteiger partial charge in [0.15, 0.2) is 0 Å². The maximum atomic E-state index is 13.6. The summed E-state index contributed by atoms with van der Waals surface area (Å²) >= 11 is 3.14. The Morgan fingerprint density at radius 1 is 1.25 bits per heavy atom. The molecule has 20 heavy (non-hydrogen) atoms. The van der Waals surface area contributed by atoms with Gasteiger partial charge in [-0.2, -0.15) is 5.26 Å². The lowest BCUT2D eigenvalue weighted by atomic mass is 10.1. The average Bonchev–Trinajstić information content (AvgIpc) is 2.44. The van der Waals surface area contributed by atoms with E-state index in [0.29, 0.717) is 27.2 Å². The largest absolute Gasteiger partial charge is 0.497 e. The van der Waals surface area contributed by atoms with Crippen molar-refractivity contribution in [3.05, 3.63) is 51.7 Å². The number of anilines is 2. The molecule has 0 saturated carbocycles. The molecule has 0 atom stereocenters. The Morgan fingerprint density at radius 3 is 2.65 bits per heavy atom. The molecular formula is C15H12BrFN2O. The lowest BCUT2D eigenvalue weighted by Crippen LogP contribution is -1.98. The Labute approximate surface area is 125 Å². The fraction of sp³-hybridized carbons (Fsp3) is 0.133. The number of aryl methyl sites for hydroxylation is 1. The summed E-state index contributed by atoms with van der Waals surface area (Å²) in [5.41, 5.74) is 2.52. The van der Waals surface area contributed by atoms with E-state index in [1.807, 2.05) is 6.92 Å². The van der Waals surface area contributed by atoms with Gasteiger partial charge in [-0.15, -0.1) is 0 Å². The van der Waals surface area contributed by atoms with Gasteiger partial charge >= 0.3 is 0 Å². The number of halogens is 2. The fourth-order valence-corrected chi connectivity index (χ4v) is 2.24. The molecule has 0 saturated heterocycles. The molecule has 0 spiro atoms. The van der Waals surface area contributed by atoms with E-state index in [4.69, 9.17) is 10.00 Å². The van der Waals surface area contributed by atoms with Gasteiger partial charge in [-0.05, 0) is 52.7 Å². The van der Waals surface area contributed by atoms with Crippen LogP contribution in [-0.2, 0) is 0 Å². The summed E-state index contributed by atoms with van der Waals surface area (Å²) in [5, 5.41) is 12.2. The summed E-state index contributed by atoms with van der Waals surface area (Å²) < 4.78 is 19.2. The predicted molar refractivity (Wildman–Crippen MR) is 79.8 cm³/mol. The predicted octanol–water partition coefficient (Wildman–Crippen LogP) is 4.52. The summed E-state index contributed by atoms with van der Waals surface area (Å²) in [6, 6.07) is 10.2. The molecule has 102 valence electrons. The second-order valence-corrected chi connectivity index (χ2v) is 5.08. The third-order valence-corrected chi connectivity index (χ3v) is 3.49. The first-order valence-electron chi connectivity index (χ1n) is 5.86. The molecule has 0 amide bonds. The Kier molecular flexibility index (Phi) is 4.26. The summed E-state index contributed by atoms with van der Waals surface area (Å²) in [7, 11) is 1.55. The monoisotopic (exact) mass is 334 g/mol. The summed E-state index contributed by atoms with van der Waals surface area (Å²) in [6.07, 6.45) is 0. The molecule has 0 bridgehead atoms. The van der Waals surface area contributed by atoms with Crippen LogP contribution < -0.4 is 10.1 Å². The van der Waals surface area contributed by atoms with Gasteiger partial charge in [0.2, 0.25) is 0 Å². The summed E-state index contributed by atoms with van der Waals surface area (Å²) in [5.74, 6) is 0.265. The number of benzene rings is 2.